The third-order valence-electron chi connectivity index (χ3n) is 5.25. The highest BCUT2D eigenvalue weighted by Gasteiger charge is 2.37. The van der Waals surface area contributed by atoms with E-state index in [2.05, 4.69) is 4.98 Å². The number of amides is 3. The fourth-order valence-electron chi connectivity index (χ4n) is 3.52. The number of aromatic nitrogens is 1. The Morgan fingerprint density at radius 1 is 1.12 bits per heavy atom. The molecule has 3 heterocycles. The van der Waals surface area contributed by atoms with Crippen molar-refractivity contribution in [3.8, 4) is 11.5 Å². The van der Waals surface area contributed by atoms with E-state index in [4.69, 9.17) is 9.47 Å². The summed E-state index contributed by atoms with van der Waals surface area (Å²) in [5.41, 5.74) is 1.66. The number of nitrogens with zero attached hydrogens (tertiary/aromatic N) is 3. The van der Waals surface area contributed by atoms with E-state index in [1.54, 1.807) is 41.6 Å². The summed E-state index contributed by atoms with van der Waals surface area (Å²) in [6, 6.07) is 9.02. The molecule has 1 aromatic heterocycles. The lowest BCUT2D eigenvalue weighted by atomic mass is 10.2. The van der Waals surface area contributed by atoms with E-state index >= 15 is 0 Å². The molecule has 166 valence electrons. The van der Waals surface area contributed by atoms with Crippen molar-refractivity contribution in [1.82, 2.24) is 14.8 Å². The Balaban J connectivity index is 1.45. The summed E-state index contributed by atoms with van der Waals surface area (Å²) in [4.78, 5) is 44.4. The summed E-state index contributed by atoms with van der Waals surface area (Å²) in [5.74, 6) is 0.426. The van der Waals surface area contributed by atoms with Crippen molar-refractivity contribution in [2.75, 3.05) is 26.7 Å². The molecule has 4 rings (SSSR count). The number of carbonyl (C=O) groups is 3. The van der Waals surface area contributed by atoms with Gasteiger partial charge in [0.2, 0.25) is 5.91 Å². The topological polar surface area (TPSA) is 89.0 Å². The number of thioether (sulfide) groups is 1. The highest BCUT2D eigenvalue weighted by molar-refractivity contribution is 8.18. The van der Waals surface area contributed by atoms with Crippen LogP contribution in [0.5, 0.6) is 11.5 Å². The molecule has 0 N–H and O–H groups in total. The Kier molecular flexibility index (Phi) is 6.75. The second-order valence-corrected chi connectivity index (χ2v) is 8.40. The van der Waals surface area contributed by atoms with Gasteiger partial charge >= 0.3 is 0 Å². The van der Waals surface area contributed by atoms with Crippen molar-refractivity contribution >= 4 is 34.9 Å². The van der Waals surface area contributed by atoms with Crippen LogP contribution in [0.4, 0.5) is 4.79 Å². The number of benzene rings is 1. The van der Waals surface area contributed by atoms with E-state index in [0.29, 0.717) is 36.8 Å². The molecule has 2 saturated heterocycles. The van der Waals surface area contributed by atoms with Gasteiger partial charge in [0.05, 0.1) is 12.0 Å². The molecular formula is C23H23N3O5S. The van der Waals surface area contributed by atoms with Crippen LogP contribution >= 0.6 is 11.8 Å². The minimum atomic E-state index is -0.454. The molecule has 2 fully saturated rings. The fourth-order valence-corrected chi connectivity index (χ4v) is 4.36. The maximum atomic E-state index is 12.7. The maximum Gasteiger partial charge on any atom is 0.294 e. The molecule has 0 saturated carbocycles. The molecule has 0 atom stereocenters. The molecule has 3 amide bonds. The van der Waals surface area contributed by atoms with Crippen LogP contribution < -0.4 is 9.47 Å². The van der Waals surface area contributed by atoms with Crippen LogP contribution in [0.3, 0.4) is 0 Å². The monoisotopic (exact) mass is 453 g/mol. The number of ether oxygens (including phenoxy) is 2. The summed E-state index contributed by atoms with van der Waals surface area (Å²) in [7, 11) is 1.54. The molecule has 8 nitrogen and oxygen atoms in total. The first-order valence-electron chi connectivity index (χ1n) is 10.3. The van der Waals surface area contributed by atoms with Crippen LogP contribution in [0.2, 0.25) is 0 Å². The SMILES string of the molecule is COc1cc(/C=C2\SC(=O)N(CC(=O)N3CCCC3)C2=O)ccc1OCc1ccncc1. The lowest BCUT2D eigenvalue weighted by molar-refractivity contribution is -0.135. The second-order valence-electron chi connectivity index (χ2n) is 7.41. The minimum absolute atomic E-state index is 0.191. The summed E-state index contributed by atoms with van der Waals surface area (Å²) in [6.45, 7) is 1.51. The van der Waals surface area contributed by atoms with E-state index in [9.17, 15) is 14.4 Å². The zero-order chi connectivity index (χ0) is 22.5. The summed E-state index contributed by atoms with van der Waals surface area (Å²) in [5, 5.41) is -0.432. The van der Waals surface area contributed by atoms with E-state index in [0.717, 1.165) is 35.1 Å². The lowest BCUT2D eigenvalue weighted by Crippen LogP contribution is -2.40. The van der Waals surface area contributed by atoms with Crippen LogP contribution in [-0.4, -0.2) is 58.6 Å². The molecule has 0 bridgehead atoms. The third kappa shape index (κ3) is 4.94. The second kappa shape index (κ2) is 9.86. The smallest absolute Gasteiger partial charge is 0.294 e. The zero-order valence-corrected chi connectivity index (χ0v) is 18.5. The van der Waals surface area contributed by atoms with E-state index in [1.807, 2.05) is 12.1 Å². The predicted molar refractivity (Wildman–Crippen MR) is 120 cm³/mol. The van der Waals surface area contributed by atoms with Gasteiger partial charge in [0.1, 0.15) is 13.2 Å². The van der Waals surface area contributed by atoms with Crippen molar-refractivity contribution in [1.29, 1.82) is 0 Å². The largest absolute Gasteiger partial charge is 0.493 e. The van der Waals surface area contributed by atoms with Gasteiger partial charge in [0.25, 0.3) is 11.1 Å². The van der Waals surface area contributed by atoms with Gasteiger partial charge in [0, 0.05) is 25.5 Å². The van der Waals surface area contributed by atoms with Crippen LogP contribution in [0.25, 0.3) is 6.08 Å². The van der Waals surface area contributed by atoms with Gasteiger partial charge in [-0.3, -0.25) is 24.3 Å². The molecule has 0 aliphatic carbocycles. The van der Waals surface area contributed by atoms with Crippen molar-refractivity contribution in [2.45, 2.75) is 19.4 Å². The molecule has 0 unspecified atom stereocenters. The molecule has 32 heavy (non-hydrogen) atoms. The first kappa shape index (κ1) is 21.9. The molecule has 2 aliphatic rings. The molecular weight excluding hydrogens is 430 g/mol. The Bertz CT molecular complexity index is 1050. The molecule has 0 spiro atoms. The highest BCUT2D eigenvalue weighted by atomic mass is 32.2. The highest BCUT2D eigenvalue weighted by Crippen LogP contribution is 2.34. The van der Waals surface area contributed by atoms with Gasteiger partial charge in [-0.25, -0.2) is 0 Å². The third-order valence-corrected chi connectivity index (χ3v) is 6.16. The first-order valence-corrected chi connectivity index (χ1v) is 11.1. The van der Waals surface area contributed by atoms with Crippen molar-refractivity contribution in [3.63, 3.8) is 0 Å². The van der Waals surface area contributed by atoms with Gasteiger partial charge in [-0.05, 0) is 66.1 Å². The lowest BCUT2D eigenvalue weighted by Gasteiger charge is -2.18. The van der Waals surface area contributed by atoms with Gasteiger partial charge in [-0.2, -0.15) is 0 Å². The molecule has 1 aromatic carbocycles. The van der Waals surface area contributed by atoms with Crippen molar-refractivity contribution < 1.29 is 23.9 Å². The molecule has 9 heteroatoms. The van der Waals surface area contributed by atoms with Crippen LogP contribution in [-0.2, 0) is 16.2 Å². The number of methoxy groups -OCH3 is 1. The van der Waals surface area contributed by atoms with Crippen LogP contribution in [0.1, 0.15) is 24.0 Å². The summed E-state index contributed by atoms with van der Waals surface area (Å²) in [6.07, 6.45) is 6.94. The zero-order valence-electron chi connectivity index (χ0n) is 17.7. The predicted octanol–water partition coefficient (Wildman–Crippen LogP) is 3.33. The average molecular weight is 454 g/mol. The Morgan fingerprint density at radius 2 is 1.88 bits per heavy atom. The number of imide groups is 1. The van der Waals surface area contributed by atoms with Gasteiger partial charge in [0.15, 0.2) is 11.5 Å². The Morgan fingerprint density at radius 3 is 2.59 bits per heavy atom. The van der Waals surface area contributed by atoms with E-state index < -0.39 is 11.1 Å². The standard InChI is InChI=1S/C23H23N3O5S/c1-30-19-12-17(4-5-18(19)31-15-16-6-8-24-9-7-16)13-20-22(28)26(23(29)32-20)14-21(27)25-10-2-3-11-25/h4-9,12-13H,2-3,10-11,14-15H2,1H3/b20-13-. The normalized spacial score (nSPS) is 17.3. The quantitative estimate of drug-likeness (QED) is 0.594. The number of rotatable bonds is 7. The van der Waals surface area contributed by atoms with E-state index in [-0.39, 0.29) is 17.4 Å². The number of likely N-dealkylation sites (tertiary alicyclic amines) is 1. The number of hydrogen-bond donors (Lipinski definition) is 0. The Hall–Kier alpha value is -3.33. The number of carbonyl (C=O) groups excluding carboxylic acids is 3. The molecule has 2 aromatic rings. The summed E-state index contributed by atoms with van der Waals surface area (Å²) < 4.78 is 11.3. The number of hydrogen-bond acceptors (Lipinski definition) is 7. The van der Waals surface area contributed by atoms with Gasteiger partial charge in [-0.15, -0.1) is 0 Å². The average Bonchev–Trinajstić information content (AvgIpc) is 3.44. The van der Waals surface area contributed by atoms with E-state index in [1.165, 1.54) is 7.11 Å². The first-order chi connectivity index (χ1) is 15.5. The van der Waals surface area contributed by atoms with Crippen molar-refractivity contribution in [3.05, 3.63) is 58.8 Å². The maximum absolute atomic E-state index is 12.7. The molecule has 2 aliphatic heterocycles. The summed E-state index contributed by atoms with van der Waals surface area (Å²) >= 11 is 0.836. The van der Waals surface area contributed by atoms with Crippen LogP contribution in [0.15, 0.2) is 47.6 Å². The molecule has 0 radical (unpaired) electrons. The minimum Gasteiger partial charge on any atom is -0.493 e. The fraction of sp³-hybridized carbons (Fsp3) is 0.304. The van der Waals surface area contributed by atoms with Gasteiger partial charge in [-0.1, -0.05) is 6.07 Å². The van der Waals surface area contributed by atoms with Gasteiger partial charge < -0.3 is 14.4 Å². The Labute approximate surface area is 190 Å². The number of pyridine rings is 1. The van der Waals surface area contributed by atoms with Crippen molar-refractivity contribution in [2.24, 2.45) is 0 Å². The van der Waals surface area contributed by atoms with Crippen LogP contribution in [0, 0.1) is 0 Å².